The quantitative estimate of drug-likeness (QED) is 0.205. The molecule has 0 aromatic heterocycles. The number of carbonyl (C=O) groups excluding carboxylic acids is 4. The number of aliphatic carboxylic acids is 1. The molecule has 0 saturated carbocycles. The molecule has 35 heavy (non-hydrogen) atoms. The van der Waals surface area contributed by atoms with Crippen molar-refractivity contribution in [2.45, 2.75) is 71.1 Å². The fourth-order valence-corrected chi connectivity index (χ4v) is 3.39. The van der Waals surface area contributed by atoms with Crippen LogP contribution in [-0.4, -0.2) is 58.9 Å². The van der Waals surface area contributed by atoms with E-state index in [1.807, 2.05) is 19.9 Å². The van der Waals surface area contributed by atoms with Crippen molar-refractivity contribution in [3.8, 4) is 0 Å². The summed E-state index contributed by atoms with van der Waals surface area (Å²) in [5.74, 6) is -4.59. The Hall–Kier alpha value is -3.47. The molecular weight excluding hydrogens is 454 g/mol. The maximum absolute atomic E-state index is 12.9. The Kier molecular flexibility index (Phi) is 11.9. The minimum Gasteiger partial charge on any atom is -0.480 e. The third kappa shape index (κ3) is 10.6. The number of hydrogen-bond acceptors (Lipinski definition) is 6. The van der Waals surface area contributed by atoms with Crippen LogP contribution in [0.1, 0.15) is 46.1 Å². The van der Waals surface area contributed by atoms with E-state index in [-0.39, 0.29) is 18.8 Å². The van der Waals surface area contributed by atoms with Crippen molar-refractivity contribution in [1.82, 2.24) is 16.0 Å². The molecule has 0 aliphatic rings. The van der Waals surface area contributed by atoms with Gasteiger partial charge in [-0.15, -0.1) is 0 Å². The molecule has 1 rings (SSSR count). The molecule has 0 spiro atoms. The first kappa shape index (κ1) is 29.6. The average molecular weight is 492 g/mol. The van der Waals surface area contributed by atoms with Gasteiger partial charge in [0.05, 0.1) is 12.5 Å². The number of primary amides is 1. The minimum absolute atomic E-state index is 0.0127. The Labute approximate surface area is 205 Å². The number of carbonyl (C=O) groups is 5. The summed E-state index contributed by atoms with van der Waals surface area (Å²) in [6.07, 6.45) is -0.0896. The van der Waals surface area contributed by atoms with Crippen molar-refractivity contribution in [2.24, 2.45) is 23.3 Å². The highest BCUT2D eigenvalue weighted by Gasteiger charge is 2.32. The zero-order valence-corrected chi connectivity index (χ0v) is 20.6. The molecule has 4 atom stereocenters. The number of rotatable bonds is 14. The van der Waals surface area contributed by atoms with Gasteiger partial charge in [0.25, 0.3) is 0 Å². The lowest BCUT2D eigenvalue weighted by Crippen LogP contribution is -2.59. The van der Waals surface area contributed by atoms with E-state index in [4.69, 9.17) is 11.5 Å². The van der Waals surface area contributed by atoms with Crippen molar-refractivity contribution < 1.29 is 29.1 Å². The number of hydrogen-bond donors (Lipinski definition) is 6. The van der Waals surface area contributed by atoms with Crippen LogP contribution >= 0.6 is 0 Å². The molecule has 1 aromatic rings. The maximum atomic E-state index is 12.9. The van der Waals surface area contributed by atoms with Crippen molar-refractivity contribution >= 4 is 29.6 Å². The monoisotopic (exact) mass is 491 g/mol. The van der Waals surface area contributed by atoms with Gasteiger partial charge in [-0.2, -0.15) is 0 Å². The normalized spacial score (nSPS) is 14.5. The second kappa shape index (κ2) is 14.1. The van der Waals surface area contributed by atoms with Gasteiger partial charge < -0.3 is 32.5 Å². The Morgan fingerprint density at radius 2 is 1.43 bits per heavy atom. The summed E-state index contributed by atoms with van der Waals surface area (Å²) < 4.78 is 0. The first-order valence-corrected chi connectivity index (χ1v) is 11.5. The van der Waals surface area contributed by atoms with Crippen LogP contribution in [0.3, 0.4) is 0 Å². The number of amides is 4. The number of carboxylic acids is 1. The van der Waals surface area contributed by atoms with Crippen LogP contribution < -0.4 is 27.4 Å². The predicted molar refractivity (Wildman–Crippen MR) is 130 cm³/mol. The third-order valence-corrected chi connectivity index (χ3v) is 5.24. The Bertz CT molecular complexity index is 890. The third-order valence-electron chi connectivity index (χ3n) is 5.24. The highest BCUT2D eigenvalue weighted by Crippen LogP contribution is 2.09. The second-order valence-electron chi connectivity index (χ2n) is 9.29. The van der Waals surface area contributed by atoms with Crippen LogP contribution in [0.25, 0.3) is 0 Å². The molecule has 0 aliphatic carbocycles. The van der Waals surface area contributed by atoms with Gasteiger partial charge in [0.15, 0.2) is 0 Å². The summed E-state index contributed by atoms with van der Waals surface area (Å²) in [5.41, 5.74) is 12.0. The van der Waals surface area contributed by atoms with E-state index in [0.29, 0.717) is 0 Å². The van der Waals surface area contributed by atoms with Crippen molar-refractivity contribution in [3.63, 3.8) is 0 Å². The standard InChI is InChI=1S/C24H37N5O6/c1-13(2)10-18(24(34)35)28-23(33)20(14(3)4)29-22(32)17(12-19(26)30)27-21(31)16(25)11-15-8-6-5-7-9-15/h5-9,13-14,16-18,20H,10-12,25H2,1-4H3,(H2,26,30)(H,27,31)(H,28,33)(H,29,32)(H,34,35). The maximum Gasteiger partial charge on any atom is 0.326 e. The van der Waals surface area contributed by atoms with Gasteiger partial charge in [-0.3, -0.25) is 19.2 Å². The van der Waals surface area contributed by atoms with Crippen molar-refractivity contribution in [1.29, 1.82) is 0 Å². The summed E-state index contributed by atoms with van der Waals surface area (Å²) in [5, 5.41) is 16.8. The molecule has 4 amide bonds. The molecule has 0 radical (unpaired) electrons. The van der Waals surface area contributed by atoms with E-state index in [0.717, 1.165) is 5.56 Å². The molecule has 0 aliphatic heterocycles. The summed E-state index contributed by atoms with van der Waals surface area (Å²) in [4.78, 5) is 61.4. The molecular formula is C24H37N5O6. The van der Waals surface area contributed by atoms with Crippen LogP contribution in [0, 0.1) is 11.8 Å². The van der Waals surface area contributed by atoms with Crippen LogP contribution in [-0.2, 0) is 30.4 Å². The molecule has 0 saturated heterocycles. The number of nitrogens with one attached hydrogen (secondary N) is 3. The van der Waals surface area contributed by atoms with Gasteiger partial charge in [-0.05, 0) is 30.2 Å². The van der Waals surface area contributed by atoms with Gasteiger partial charge in [-0.1, -0.05) is 58.0 Å². The first-order valence-electron chi connectivity index (χ1n) is 11.5. The Balaban J connectivity index is 2.93. The predicted octanol–water partition coefficient (Wildman–Crippen LogP) is -0.327. The Morgan fingerprint density at radius 1 is 0.857 bits per heavy atom. The van der Waals surface area contributed by atoms with E-state index < -0.39 is 66.1 Å². The molecule has 4 unspecified atom stereocenters. The minimum atomic E-state index is -1.36. The zero-order valence-electron chi connectivity index (χ0n) is 20.6. The van der Waals surface area contributed by atoms with E-state index in [2.05, 4.69) is 16.0 Å². The highest BCUT2D eigenvalue weighted by molar-refractivity contribution is 5.96. The SMILES string of the molecule is CC(C)CC(NC(=O)C(NC(=O)C(CC(N)=O)NC(=O)C(N)Cc1ccccc1)C(C)C)C(=O)O. The van der Waals surface area contributed by atoms with Gasteiger partial charge >= 0.3 is 5.97 Å². The molecule has 1 aromatic carbocycles. The molecule has 0 fully saturated rings. The molecule has 0 bridgehead atoms. The zero-order chi connectivity index (χ0) is 26.7. The summed E-state index contributed by atoms with van der Waals surface area (Å²) in [7, 11) is 0. The van der Waals surface area contributed by atoms with Crippen LogP contribution in [0.5, 0.6) is 0 Å². The Morgan fingerprint density at radius 3 is 1.91 bits per heavy atom. The number of carboxylic acid groups (broad SMARTS) is 1. The fraction of sp³-hybridized carbons (Fsp3) is 0.542. The van der Waals surface area contributed by atoms with Gasteiger partial charge in [0, 0.05) is 0 Å². The first-order chi connectivity index (χ1) is 16.3. The molecule has 0 heterocycles. The lowest BCUT2D eigenvalue weighted by atomic mass is 9.99. The molecule has 11 heteroatoms. The fourth-order valence-electron chi connectivity index (χ4n) is 3.39. The second-order valence-corrected chi connectivity index (χ2v) is 9.29. The summed E-state index contributed by atoms with van der Waals surface area (Å²) in [6.45, 7) is 6.98. The van der Waals surface area contributed by atoms with Crippen molar-refractivity contribution in [3.05, 3.63) is 35.9 Å². The largest absolute Gasteiger partial charge is 0.480 e. The van der Waals surface area contributed by atoms with Crippen LogP contribution in [0.2, 0.25) is 0 Å². The van der Waals surface area contributed by atoms with E-state index in [1.54, 1.807) is 38.1 Å². The van der Waals surface area contributed by atoms with Crippen LogP contribution in [0.4, 0.5) is 0 Å². The summed E-state index contributed by atoms with van der Waals surface area (Å²) >= 11 is 0. The topological polar surface area (TPSA) is 194 Å². The highest BCUT2D eigenvalue weighted by atomic mass is 16.4. The summed E-state index contributed by atoms with van der Waals surface area (Å²) in [6, 6.07) is 4.45. The van der Waals surface area contributed by atoms with E-state index >= 15 is 0 Å². The van der Waals surface area contributed by atoms with Crippen molar-refractivity contribution in [2.75, 3.05) is 0 Å². The lowest BCUT2D eigenvalue weighted by molar-refractivity contribution is -0.143. The lowest BCUT2D eigenvalue weighted by Gasteiger charge is -2.27. The van der Waals surface area contributed by atoms with Gasteiger partial charge in [-0.25, -0.2) is 4.79 Å². The van der Waals surface area contributed by atoms with Gasteiger partial charge in [0.2, 0.25) is 23.6 Å². The van der Waals surface area contributed by atoms with E-state index in [9.17, 15) is 29.1 Å². The number of benzene rings is 1. The number of nitrogens with two attached hydrogens (primary N) is 2. The van der Waals surface area contributed by atoms with Crippen LogP contribution in [0.15, 0.2) is 30.3 Å². The van der Waals surface area contributed by atoms with E-state index in [1.165, 1.54) is 0 Å². The molecule has 8 N–H and O–H groups in total. The smallest absolute Gasteiger partial charge is 0.326 e. The van der Waals surface area contributed by atoms with Gasteiger partial charge in [0.1, 0.15) is 18.1 Å². The molecule has 11 nitrogen and oxygen atoms in total. The molecule has 194 valence electrons. The average Bonchev–Trinajstić information content (AvgIpc) is 2.75.